The third-order valence-corrected chi connectivity index (χ3v) is 2.14. The Kier molecular flexibility index (Phi) is 3.55. The van der Waals surface area contributed by atoms with Crippen LogP contribution >= 0.6 is 0 Å². The molecule has 0 aromatic heterocycles. The number of carbonyl (C=O) groups is 2. The fourth-order valence-corrected chi connectivity index (χ4v) is 1.25. The molecule has 0 aliphatic heterocycles. The highest BCUT2D eigenvalue weighted by Gasteiger charge is 2.10. The summed E-state index contributed by atoms with van der Waals surface area (Å²) < 4.78 is 17.6. The van der Waals surface area contributed by atoms with Gasteiger partial charge in [-0.3, -0.25) is 9.59 Å². The molecule has 1 aromatic rings. The van der Waals surface area contributed by atoms with Crippen LogP contribution in [0.5, 0.6) is 0 Å². The fraction of sp³-hybridized carbons (Fsp3) is 0.273. The predicted octanol–water partition coefficient (Wildman–Crippen LogP) is 1.66. The molecule has 0 radical (unpaired) electrons. The first-order valence-electron chi connectivity index (χ1n) is 4.39. The summed E-state index contributed by atoms with van der Waals surface area (Å²) in [6.07, 6.45) is 0.471. The molecule has 3 nitrogen and oxygen atoms in total. The zero-order chi connectivity index (χ0) is 11.4. The Morgan fingerprint density at radius 1 is 1.53 bits per heavy atom. The van der Waals surface area contributed by atoms with Gasteiger partial charge in [-0.1, -0.05) is 0 Å². The van der Waals surface area contributed by atoms with E-state index in [0.29, 0.717) is 17.4 Å². The standard InChI is InChI=1S/C11H11FO3/c1-7-3-10(12)9(6-13)4-8(7)5-11(14)15-2/h3-4,6H,5H2,1-2H3. The molecule has 0 unspecified atom stereocenters. The van der Waals surface area contributed by atoms with Crippen LogP contribution in [0.25, 0.3) is 0 Å². The van der Waals surface area contributed by atoms with Crippen LogP contribution in [0, 0.1) is 12.7 Å². The lowest BCUT2D eigenvalue weighted by Crippen LogP contribution is -2.07. The maximum atomic E-state index is 13.1. The smallest absolute Gasteiger partial charge is 0.309 e. The summed E-state index contributed by atoms with van der Waals surface area (Å²) >= 11 is 0. The quantitative estimate of drug-likeness (QED) is 0.563. The second-order valence-electron chi connectivity index (χ2n) is 3.17. The largest absolute Gasteiger partial charge is 0.469 e. The molecule has 0 saturated carbocycles. The van der Waals surface area contributed by atoms with Crippen LogP contribution in [-0.2, 0) is 16.0 Å². The van der Waals surface area contributed by atoms with Gasteiger partial charge in [0.2, 0.25) is 0 Å². The Morgan fingerprint density at radius 2 is 2.20 bits per heavy atom. The zero-order valence-corrected chi connectivity index (χ0v) is 8.54. The highest BCUT2D eigenvalue weighted by Crippen LogP contribution is 2.15. The number of benzene rings is 1. The molecule has 0 heterocycles. The van der Waals surface area contributed by atoms with Gasteiger partial charge in [-0.2, -0.15) is 0 Å². The second-order valence-corrected chi connectivity index (χ2v) is 3.17. The molecule has 4 heteroatoms. The number of esters is 1. The lowest BCUT2D eigenvalue weighted by molar-refractivity contribution is -0.139. The minimum absolute atomic E-state index is 0.0421. The van der Waals surface area contributed by atoms with Crippen molar-refractivity contribution in [2.75, 3.05) is 7.11 Å². The number of ether oxygens (including phenoxy) is 1. The number of aryl methyl sites for hydroxylation is 1. The van der Waals surface area contributed by atoms with Crippen LogP contribution in [0.3, 0.4) is 0 Å². The number of carbonyl (C=O) groups excluding carboxylic acids is 2. The van der Waals surface area contributed by atoms with E-state index in [1.807, 2.05) is 0 Å². The molecule has 0 spiro atoms. The number of hydrogen-bond acceptors (Lipinski definition) is 3. The minimum atomic E-state index is -0.573. The maximum Gasteiger partial charge on any atom is 0.309 e. The molecule has 15 heavy (non-hydrogen) atoms. The molecule has 80 valence electrons. The average Bonchev–Trinajstić information content (AvgIpc) is 2.21. The van der Waals surface area contributed by atoms with Crippen LogP contribution < -0.4 is 0 Å². The van der Waals surface area contributed by atoms with Crippen LogP contribution in [0.1, 0.15) is 21.5 Å². The van der Waals surface area contributed by atoms with Crippen LogP contribution in [0.2, 0.25) is 0 Å². The molecule has 0 saturated heterocycles. The van der Waals surface area contributed by atoms with Gasteiger partial charge in [-0.15, -0.1) is 0 Å². The lowest BCUT2D eigenvalue weighted by atomic mass is 10.0. The molecule has 0 N–H and O–H groups in total. The monoisotopic (exact) mass is 210 g/mol. The van der Waals surface area contributed by atoms with E-state index >= 15 is 0 Å². The van der Waals surface area contributed by atoms with Crippen LogP contribution in [0.15, 0.2) is 12.1 Å². The highest BCUT2D eigenvalue weighted by molar-refractivity contribution is 5.78. The first kappa shape index (κ1) is 11.4. The van der Waals surface area contributed by atoms with Crippen molar-refractivity contribution < 1.29 is 18.7 Å². The topological polar surface area (TPSA) is 43.4 Å². The summed E-state index contributed by atoms with van der Waals surface area (Å²) in [6, 6.07) is 2.61. The number of halogens is 1. The van der Waals surface area contributed by atoms with E-state index in [9.17, 15) is 14.0 Å². The Balaban J connectivity index is 3.07. The molecule has 1 aromatic carbocycles. The van der Waals surface area contributed by atoms with E-state index in [4.69, 9.17) is 0 Å². The van der Waals surface area contributed by atoms with Gasteiger partial charge in [0.05, 0.1) is 19.1 Å². The zero-order valence-electron chi connectivity index (χ0n) is 8.54. The van der Waals surface area contributed by atoms with Crippen LogP contribution in [-0.4, -0.2) is 19.4 Å². The molecule has 0 atom stereocenters. The Labute approximate surface area is 86.9 Å². The van der Waals surface area contributed by atoms with Crippen LogP contribution in [0.4, 0.5) is 4.39 Å². The maximum absolute atomic E-state index is 13.1. The summed E-state index contributed by atoms with van der Waals surface area (Å²) in [5.41, 5.74) is 1.19. The predicted molar refractivity (Wildman–Crippen MR) is 52.2 cm³/mol. The van der Waals surface area contributed by atoms with Gasteiger partial charge >= 0.3 is 5.97 Å². The Bertz CT molecular complexity index is 399. The van der Waals surface area contributed by atoms with Gasteiger partial charge in [0.1, 0.15) is 5.82 Å². The van der Waals surface area contributed by atoms with Crippen molar-refractivity contribution in [2.45, 2.75) is 13.3 Å². The molecule has 0 bridgehead atoms. The van der Waals surface area contributed by atoms with Gasteiger partial charge in [-0.05, 0) is 30.2 Å². The van der Waals surface area contributed by atoms with E-state index in [-0.39, 0.29) is 12.0 Å². The van der Waals surface area contributed by atoms with Crippen molar-refractivity contribution in [3.05, 3.63) is 34.6 Å². The first-order chi connectivity index (χ1) is 7.08. The summed E-state index contributed by atoms with van der Waals surface area (Å²) in [5, 5.41) is 0. The highest BCUT2D eigenvalue weighted by atomic mass is 19.1. The molecule has 1 rings (SSSR count). The van der Waals surface area contributed by atoms with Crippen molar-refractivity contribution in [2.24, 2.45) is 0 Å². The Hall–Kier alpha value is -1.71. The van der Waals surface area contributed by atoms with E-state index in [0.717, 1.165) is 0 Å². The first-order valence-corrected chi connectivity index (χ1v) is 4.39. The normalized spacial score (nSPS) is 9.80. The molecule has 0 aliphatic carbocycles. The number of aldehydes is 1. The van der Waals surface area contributed by atoms with E-state index < -0.39 is 11.8 Å². The number of methoxy groups -OCH3 is 1. The summed E-state index contributed by atoms with van der Waals surface area (Å²) in [4.78, 5) is 21.5. The third-order valence-electron chi connectivity index (χ3n) is 2.14. The molecular formula is C11H11FO3. The minimum Gasteiger partial charge on any atom is -0.469 e. The van der Waals surface area contributed by atoms with Gasteiger partial charge in [0, 0.05) is 0 Å². The van der Waals surface area contributed by atoms with Crippen molar-refractivity contribution >= 4 is 12.3 Å². The SMILES string of the molecule is COC(=O)Cc1cc(C=O)c(F)cc1C. The summed E-state index contributed by atoms with van der Waals surface area (Å²) in [6.45, 7) is 1.68. The molecule has 0 aliphatic rings. The average molecular weight is 210 g/mol. The van der Waals surface area contributed by atoms with E-state index in [1.54, 1.807) is 6.92 Å². The van der Waals surface area contributed by atoms with Crippen molar-refractivity contribution in [3.63, 3.8) is 0 Å². The van der Waals surface area contributed by atoms with Gasteiger partial charge in [-0.25, -0.2) is 4.39 Å². The van der Waals surface area contributed by atoms with Crippen molar-refractivity contribution in [1.82, 2.24) is 0 Å². The van der Waals surface area contributed by atoms with Crippen molar-refractivity contribution in [3.8, 4) is 0 Å². The lowest BCUT2D eigenvalue weighted by Gasteiger charge is -2.06. The third kappa shape index (κ3) is 2.62. The number of rotatable bonds is 3. The summed E-state index contributed by atoms with van der Waals surface area (Å²) in [5.74, 6) is -0.988. The second kappa shape index (κ2) is 4.68. The fourth-order valence-electron chi connectivity index (χ4n) is 1.25. The van der Waals surface area contributed by atoms with Gasteiger partial charge in [0.15, 0.2) is 6.29 Å². The Morgan fingerprint density at radius 3 is 2.73 bits per heavy atom. The summed E-state index contributed by atoms with van der Waals surface area (Å²) in [7, 11) is 1.28. The molecule has 0 amide bonds. The van der Waals surface area contributed by atoms with E-state index in [2.05, 4.69) is 4.74 Å². The van der Waals surface area contributed by atoms with Gasteiger partial charge in [0.25, 0.3) is 0 Å². The van der Waals surface area contributed by atoms with Crippen molar-refractivity contribution in [1.29, 1.82) is 0 Å². The number of hydrogen-bond donors (Lipinski definition) is 0. The van der Waals surface area contributed by atoms with Gasteiger partial charge < -0.3 is 4.74 Å². The molecular weight excluding hydrogens is 199 g/mol. The molecule has 0 fully saturated rings. The van der Waals surface area contributed by atoms with E-state index in [1.165, 1.54) is 19.2 Å².